The molecule has 0 atom stereocenters. The zero-order valence-corrected chi connectivity index (χ0v) is 30.9. The molecule has 6 aromatic heterocycles. The number of aromatic nitrogens is 10. The number of fused-ring (bicyclic) bond motifs is 4. The van der Waals surface area contributed by atoms with Gasteiger partial charge in [-0.05, 0) is 81.8 Å². The van der Waals surface area contributed by atoms with Gasteiger partial charge < -0.3 is 0 Å². The van der Waals surface area contributed by atoms with E-state index in [4.69, 9.17) is 5.10 Å². The van der Waals surface area contributed by atoms with Gasteiger partial charge in [0, 0.05) is 47.5 Å². The van der Waals surface area contributed by atoms with Gasteiger partial charge in [0.25, 0.3) is 11.1 Å². The van der Waals surface area contributed by atoms with Gasteiger partial charge in [-0.25, -0.2) is 28.0 Å². The molecule has 0 aliphatic rings. The number of nitrogens with zero attached hydrogens (tertiary/aromatic N) is 10. The first-order valence-corrected chi connectivity index (χ1v) is 18.4. The van der Waals surface area contributed by atoms with E-state index in [0.29, 0.717) is 44.5 Å². The SMILES string of the molecule is Cn1cc2cc(-c3ccc(Cn4c(=O)cnc5c4ccc[n+]5Cn4cc5c(-c6ccc(Cn7c(=O)cnc8ncccc87)c(F)c6)cccc5n4)c(F)c3)ccc2n1. The molecule has 0 N–H and O–H groups in total. The molecule has 10 aromatic rings. The van der Waals surface area contributed by atoms with Crippen LogP contribution < -0.4 is 15.7 Å². The Balaban J connectivity index is 0.929. The van der Waals surface area contributed by atoms with Crippen molar-refractivity contribution in [2.75, 3.05) is 0 Å². The highest BCUT2D eigenvalue weighted by atomic mass is 19.1. The second-order valence-corrected chi connectivity index (χ2v) is 14.1. The fraction of sp³-hybridized carbons (Fsp3) is 0.0909. The maximum atomic E-state index is 15.7. The summed E-state index contributed by atoms with van der Waals surface area (Å²) in [7, 11) is 1.86. The van der Waals surface area contributed by atoms with Gasteiger partial charge in [-0.3, -0.25) is 23.4 Å². The van der Waals surface area contributed by atoms with Gasteiger partial charge >= 0.3 is 5.65 Å². The quantitative estimate of drug-likeness (QED) is 0.168. The Bertz CT molecular complexity index is 3390. The van der Waals surface area contributed by atoms with E-state index in [9.17, 15) is 9.59 Å². The smallest absolute Gasteiger partial charge is 0.299 e. The van der Waals surface area contributed by atoms with Crippen LogP contribution in [0.25, 0.3) is 66.4 Å². The largest absolute Gasteiger partial charge is 0.348 e. The molecule has 282 valence electrons. The van der Waals surface area contributed by atoms with Gasteiger partial charge in [-0.15, -0.1) is 0 Å². The number of aryl methyl sites for hydroxylation is 1. The van der Waals surface area contributed by atoms with Crippen LogP contribution in [0.2, 0.25) is 0 Å². The summed E-state index contributed by atoms with van der Waals surface area (Å²) in [6.07, 6.45) is 9.68. The van der Waals surface area contributed by atoms with Gasteiger partial charge in [0.1, 0.15) is 17.2 Å². The molecule has 58 heavy (non-hydrogen) atoms. The molecule has 0 saturated heterocycles. The van der Waals surface area contributed by atoms with Crippen LogP contribution in [0.5, 0.6) is 0 Å². The minimum absolute atomic E-state index is 0.00702. The van der Waals surface area contributed by atoms with Gasteiger partial charge in [0.15, 0.2) is 12.3 Å². The van der Waals surface area contributed by atoms with Crippen molar-refractivity contribution in [1.29, 1.82) is 0 Å². The average Bonchev–Trinajstić information content (AvgIpc) is 3.82. The summed E-state index contributed by atoms with van der Waals surface area (Å²) in [6, 6.07) is 28.6. The zero-order valence-electron chi connectivity index (χ0n) is 30.9. The molecule has 0 amide bonds. The lowest BCUT2D eigenvalue weighted by Crippen LogP contribution is -2.40. The summed E-state index contributed by atoms with van der Waals surface area (Å²) >= 11 is 0. The molecule has 6 heterocycles. The van der Waals surface area contributed by atoms with Crippen molar-refractivity contribution in [1.82, 2.24) is 43.6 Å². The van der Waals surface area contributed by atoms with E-state index in [-0.39, 0.29) is 30.9 Å². The van der Waals surface area contributed by atoms with Crippen LogP contribution in [0.1, 0.15) is 11.1 Å². The van der Waals surface area contributed by atoms with E-state index in [0.717, 1.165) is 33.0 Å². The van der Waals surface area contributed by atoms with Gasteiger partial charge in [0.2, 0.25) is 6.20 Å². The summed E-state index contributed by atoms with van der Waals surface area (Å²) in [5, 5.41) is 11.0. The summed E-state index contributed by atoms with van der Waals surface area (Å²) in [5.41, 5.74) is 6.56. The number of rotatable bonds is 8. The Morgan fingerprint density at radius 1 is 0.655 bits per heavy atom. The van der Waals surface area contributed by atoms with Crippen molar-refractivity contribution in [2.24, 2.45) is 7.05 Å². The Morgan fingerprint density at radius 2 is 1.36 bits per heavy atom. The van der Waals surface area contributed by atoms with E-state index in [1.54, 1.807) is 45.9 Å². The summed E-state index contributed by atoms with van der Waals surface area (Å²) in [4.78, 5) is 38.7. The van der Waals surface area contributed by atoms with Gasteiger partial charge in [0.05, 0.1) is 42.0 Å². The molecular weight excluding hydrogens is 739 g/mol. The molecule has 12 nitrogen and oxygen atoms in total. The molecule has 4 aromatic carbocycles. The molecule has 0 bridgehead atoms. The highest BCUT2D eigenvalue weighted by Crippen LogP contribution is 2.30. The van der Waals surface area contributed by atoms with Crippen LogP contribution in [-0.4, -0.2) is 43.6 Å². The Labute approximate surface area is 327 Å². The Kier molecular flexibility index (Phi) is 8.25. The standard InChI is InChI=1S/C44H31F2N10O2/c1-52-22-32-17-27(13-14-37(32)50-52)28-9-11-30(35(45)18-28)24-56-40-8-4-16-53(44(40)49-21-42(56)58)26-54-25-34-33(5-2-6-38(34)51-54)29-10-12-31(36(46)19-29)23-55-39-7-3-15-47-43(39)48-20-41(55)57/h2-22,25H,23-24,26H2,1H3/q+1. The van der Waals surface area contributed by atoms with Gasteiger partial charge in [-0.2, -0.15) is 10.2 Å². The van der Waals surface area contributed by atoms with E-state index in [1.807, 2.05) is 84.8 Å². The molecule has 0 unspecified atom stereocenters. The molecular formula is C44H31F2N10O2+. The van der Waals surface area contributed by atoms with Crippen LogP contribution in [0.4, 0.5) is 8.78 Å². The average molecular weight is 770 g/mol. The van der Waals surface area contributed by atoms with Crippen molar-refractivity contribution < 1.29 is 13.3 Å². The van der Waals surface area contributed by atoms with Crippen molar-refractivity contribution in [3.05, 3.63) is 178 Å². The molecule has 0 spiro atoms. The maximum absolute atomic E-state index is 15.7. The molecule has 0 saturated carbocycles. The minimum Gasteiger partial charge on any atom is -0.299 e. The monoisotopic (exact) mass is 769 g/mol. The number of halogens is 2. The topological polar surface area (TPSA) is 122 Å². The number of benzene rings is 4. The van der Waals surface area contributed by atoms with Crippen LogP contribution >= 0.6 is 0 Å². The third kappa shape index (κ3) is 6.16. The highest BCUT2D eigenvalue weighted by molar-refractivity contribution is 5.94. The maximum Gasteiger partial charge on any atom is 0.348 e. The third-order valence-corrected chi connectivity index (χ3v) is 10.4. The summed E-state index contributed by atoms with van der Waals surface area (Å²) in [5.74, 6) is -0.877. The lowest BCUT2D eigenvalue weighted by atomic mass is 10.0. The summed E-state index contributed by atoms with van der Waals surface area (Å²) < 4.78 is 39.7. The minimum atomic E-state index is -0.454. The Hall–Kier alpha value is -7.74. The predicted octanol–water partition coefficient (Wildman–Crippen LogP) is 6.24. The van der Waals surface area contributed by atoms with Crippen LogP contribution in [0, 0.1) is 11.6 Å². The molecule has 0 radical (unpaired) electrons. The number of pyridine rings is 2. The van der Waals surface area contributed by atoms with Crippen LogP contribution in [0.15, 0.2) is 144 Å². The Morgan fingerprint density at radius 3 is 2.17 bits per heavy atom. The van der Waals surface area contributed by atoms with E-state index in [1.165, 1.54) is 33.7 Å². The van der Waals surface area contributed by atoms with E-state index < -0.39 is 11.6 Å². The van der Waals surface area contributed by atoms with Crippen molar-refractivity contribution in [2.45, 2.75) is 19.8 Å². The van der Waals surface area contributed by atoms with E-state index >= 15 is 8.78 Å². The molecule has 10 rings (SSSR count). The first kappa shape index (κ1) is 34.7. The normalized spacial score (nSPS) is 11.7. The molecule has 0 aliphatic heterocycles. The fourth-order valence-electron chi connectivity index (χ4n) is 7.57. The summed E-state index contributed by atoms with van der Waals surface area (Å²) in [6.45, 7) is 0.276. The zero-order chi connectivity index (χ0) is 39.5. The second-order valence-electron chi connectivity index (χ2n) is 14.1. The van der Waals surface area contributed by atoms with Crippen LogP contribution in [0.3, 0.4) is 0 Å². The lowest BCUT2D eigenvalue weighted by Gasteiger charge is -2.11. The van der Waals surface area contributed by atoms with Crippen LogP contribution in [-0.2, 0) is 26.8 Å². The number of hydrogen-bond donors (Lipinski definition) is 0. The van der Waals surface area contributed by atoms with E-state index in [2.05, 4.69) is 20.1 Å². The molecule has 0 fully saturated rings. The number of hydrogen-bond acceptors (Lipinski definition) is 7. The first-order chi connectivity index (χ1) is 28.3. The molecule has 14 heteroatoms. The first-order valence-electron chi connectivity index (χ1n) is 18.4. The highest BCUT2D eigenvalue weighted by Gasteiger charge is 2.19. The molecule has 0 aliphatic carbocycles. The lowest BCUT2D eigenvalue weighted by molar-refractivity contribution is -0.679. The van der Waals surface area contributed by atoms with Gasteiger partial charge in [-0.1, -0.05) is 42.5 Å². The fourth-order valence-corrected chi connectivity index (χ4v) is 7.57. The van der Waals surface area contributed by atoms with Crippen molar-refractivity contribution in [3.8, 4) is 22.3 Å². The third-order valence-electron chi connectivity index (χ3n) is 10.4. The second kappa shape index (κ2) is 13.8. The van der Waals surface area contributed by atoms with Crippen molar-refractivity contribution in [3.63, 3.8) is 0 Å². The predicted molar refractivity (Wildman–Crippen MR) is 215 cm³/mol. The van der Waals surface area contributed by atoms with Crippen molar-refractivity contribution >= 4 is 44.1 Å².